The van der Waals surface area contributed by atoms with E-state index in [2.05, 4.69) is 24.8 Å². The Balaban J connectivity index is 2.95. The highest BCUT2D eigenvalue weighted by Crippen LogP contribution is 2.11. The first-order valence-corrected chi connectivity index (χ1v) is 5.77. The van der Waals surface area contributed by atoms with Crippen LogP contribution in [-0.2, 0) is 10.2 Å². The molecule has 1 heterocycles. The predicted molar refractivity (Wildman–Crippen MR) is 57.3 cm³/mol. The molecule has 0 saturated heterocycles. The van der Waals surface area contributed by atoms with E-state index in [1.807, 2.05) is 0 Å². The number of oxime groups is 1. The van der Waals surface area contributed by atoms with Crippen LogP contribution in [0.3, 0.4) is 0 Å². The standard InChI is InChI=1S/C6H12N6O3S/c1-2-9-16(14,15)12-6-4(3-8-10-6)5(7)11-13/h3,9,13H,2H2,1H3,(H2,7,11)(H2,8,10,12). The van der Waals surface area contributed by atoms with Gasteiger partial charge < -0.3 is 10.9 Å². The zero-order valence-electron chi connectivity index (χ0n) is 8.43. The Labute approximate surface area is 91.9 Å². The lowest BCUT2D eigenvalue weighted by Crippen LogP contribution is -2.30. The maximum Gasteiger partial charge on any atom is 0.300 e. The van der Waals surface area contributed by atoms with Crippen LogP contribution in [0.15, 0.2) is 11.4 Å². The van der Waals surface area contributed by atoms with E-state index < -0.39 is 10.2 Å². The number of hydrogen-bond donors (Lipinski definition) is 5. The molecule has 16 heavy (non-hydrogen) atoms. The fourth-order valence-electron chi connectivity index (χ4n) is 0.972. The minimum absolute atomic E-state index is 0.0243. The molecule has 6 N–H and O–H groups in total. The second kappa shape index (κ2) is 4.81. The van der Waals surface area contributed by atoms with Crippen LogP contribution in [0.2, 0.25) is 0 Å². The first kappa shape index (κ1) is 12.3. The van der Waals surface area contributed by atoms with Gasteiger partial charge in [-0.1, -0.05) is 12.1 Å². The van der Waals surface area contributed by atoms with E-state index in [1.165, 1.54) is 6.20 Å². The van der Waals surface area contributed by atoms with Crippen molar-refractivity contribution in [1.29, 1.82) is 0 Å². The lowest BCUT2D eigenvalue weighted by molar-refractivity contribution is 0.318. The highest BCUT2D eigenvalue weighted by atomic mass is 32.2. The van der Waals surface area contributed by atoms with Gasteiger partial charge in [-0.05, 0) is 0 Å². The molecule has 1 rings (SSSR count). The van der Waals surface area contributed by atoms with Crippen molar-refractivity contribution in [3.8, 4) is 0 Å². The number of anilines is 1. The smallest absolute Gasteiger partial charge is 0.300 e. The lowest BCUT2D eigenvalue weighted by Gasteiger charge is -2.06. The van der Waals surface area contributed by atoms with Crippen LogP contribution in [0, 0.1) is 0 Å². The van der Waals surface area contributed by atoms with Gasteiger partial charge in [0.2, 0.25) is 0 Å². The lowest BCUT2D eigenvalue weighted by atomic mass is 10.3. The van der Waals surface area contributed by atoms with Crippen molar-refractivity contribution >= 4 is 21.9 Å². The fourth-order valence-corrected chi connectivity index (χ4v) is 1.85. The van der Waals surface area contributed by atoms with E-state index in [0.29, 0.717) is 0 Å². The summed E-state index contributed by atoms with van der Waals surface area (Å²) in [7, 11) is -3.68. The van der Waals surface area contributed by atoms with Crippen LogP contribution in [0.25, 0.3) is 0 Å². The summed E-state index contributed by atoms with van der Waals surface area (Å²) >= 11 is 0. The molecular formula is C6H12N6O3S. The Morgan fingerprint density at radius 2 is 2.44 bits per heavy atom. The van der Waals surface area contributed by atoms with Gasteiger partial charge in [-0.3, -0.25) is 9.82 Å². The summed E-state index contributed by atoms with van der Waals surface area (Å²) in [6, 6.07) is 0. The van der Waals surface area contributed by atoms with Gasteiger partial charge >= 0.3 is 0 Å². The summed E-state index contributed by atoms with van der Waals surface area (Å²) in [6.07, 6.45) is 1.23. The van der Waals surface area contributed by atoms with Gasteiger partial charge in [0, 0.05) is 6.54 Å². The first-order chi connectivity index (χ1) is 7.50. The highest BCUT2D eigenvalue weighted by Gasteiger charge is 2.15. The number of H-pyrrole nitrogens is 1. The minimum atomic E-state index is -3.68. The molecule has 9 nitrogen and oxygen atoms in total. The fraction of sp³-hybridized carbons (Fsp3) is 0.333. The van der Waals surface area contributed by atoms with Crippen molar-refractivity contribution < 1.29 is 13.6 Å². The predicted octanol–water partition coefficient (Wildman–Crippen LogP) is -1.23. The summed E-state index contributed by atoms with van der Waals surface area (Å²) in [5, 5.41) is 17.2. The molecule has 0 aromatic carbocycles. The van der Waals surface area contributed by atoms with Crippen molar-refractivity contribution in [2.45, 2.75) is 6.92 Å². The van der Waals surface area contributed by atoms with E-state index in [0.717, 1.165) is 0 Å². The second-order valence-electron chi connectivity index (χ2n) is 2.75. The minimum Gasteiger partial charge on any atom is -0.409 e. The Morgan fingerprint density at radius 3 is 3.00 bits per heavy atom. The summed E-state index contributed by atoms with van der Waals surface area (Å²) in [5.74, 6) is -0.223. The van der Waals surface area contributed by atoms with Gasteiger partial charge in [-0.2, -0.15) is 18.2 Å². The molecule has 0 radical (unpaired) electrons. The molecule has 0 unspecified atom stereocenters. The average molecular weight is 248 g/mol. The number of nitrogens with two attached hydrogens (primary N) is 1. The Kier molecular flexibility index (Phi) is 3.68. The summed E-state index contributed by atoms with van der Waals surface area (Å²) in [6.45, 7) is 1.87. The average Bonchev–Trinajstić information content (AvgIpc) is 2.63. The number of nitrogens with zero attached hydrogens (tertiary/aromatic N) is 2. The molecule has 10 heteroatoms. The molecule has 0 spiro atoms. The van der Waals surface area contributed by atoms with E-state index in [-0.39, 0.29) is 23.8 Å². The largest absolute Gasteiger partial charge is 0.409 e. The SMILES string of the molecule is CCNS(=O)(=O)Nc1[nH]ncc1C(N)=NO. The van der Waals surface area contributed by atoms with Crippen molar-refractivity contribution in [2.75, 3.05) is 11.3 Å². The van der Waals surface area contributed by atoms with Gasteiger partial charge in [-0.25, -0.2) is 0 Å². The molecule has 0 fully saturated rings. The Morgan fingerprint density at radius 1 is 1.75 bits per heavy atom. The van der Waals surface area contributed by atoms with Crippen LogP contribution in [0.1, 0.15) is 12.5 Å². The third-order valence-corrected chi connectivity index (χ3v) is 2.74. The topological polar surface area (TPSA) is 145 Å². The number of aromatic nitrogens is 2. The van der Waals surface area contributed by atoms with Crippen LogP contribution in [-0.4, -0.2) is 36.2 Å². The Bertz CT molecular complexity index is 478. The number of hydrogen-bond acceptors (Lipinski definition) is 5. The van der Waals surface area contributed by atoms with E-state index >= 15 is 0 Å². The van der Waals surface area contributed by atoms with E-state index in [1.54, 1.807) is 6.92 Å². The van der Waals surface area contributed by atoms with Crippen LogP contribution in [0.4, 0.5) is 5.82 Å². The molecule has 1 aromatic rings. The zero-order valence-corrected chi connectivity index (χ0v) is 9.24. The quantitative estimate of drug-likeness (QED) is 0.192. The molecule has 0 atom stereocenters. The van der Waals surface area contributed by atoms with Gasteiger partial charge in [0.25, 0.3) is 10.2 Å². The number of amidine groups is 1. The molecule has 0 saturated carbocycles. The molecule has 0 aliphatic heterocycles. The normalized spacial score (nSPS) is 12.7. The Hall–Kier alpha value is -1.81. The molecular weight excluding hydrogens is 236 g/mol. The summed E-state index contributed by atoms with van der Waals surface area (Å²) < 4.78 is 27.1. The molecule has 0 bridgehead atoms. The number of rotatable bonds is 5. The van der Waals surface area contributed by atoms with Crippen LogP contribution >= 0.6 is 0 Å². The van der Waals surface area contributed by atoms with Crippen molar-refractivity contribution in [3.05, 3.63) is 11.8 Å². The zero-order chi connectivity index (χ0) is 12.2. The van der Waals surface area contributed by atoms with Crippen LogP contribution in [0.5, 0.6) is 0 Å². The molecule has 0 aliphatic rings. The van der Waals surface area contributed by atoms with Gasteiger partial charge in [0.15, 0.2) is 5.84 Å². The number of nitrogens with one attached hydrogen (secondary N) is 3. The summed E-state index contributed by atoms with van der Waals surface area (Å²) in [5.41, 5.74) is 5.47. The third-order valence-electron chi connectivity index (χ3n) is 1.59. The summed E-state index contributed by atoms with van der Waals surface area (Å²) in [4.78, 5) is 0. The monoisotopic (exact) mass is 248 g/mol. The van der Waals surface area contributed by atoms with Gasteiger partial charge in [0.1, 0.15) is 5.82 Å². The van der Waals surface area contributed by atoms with E-state index in [9.17, 15) is 8.42 Å². The van der Waals surface area contributed by atoms with E-state index in [4.69, 9.17) is 10.9 Å². The van der Waals surface area contributed by atoms with Crippen molar-refractivity contribution in [2.24, 2.45) is 10.9 Å². The molecule has 0 aliphatic carbocycles. The second-order valence-corrected chi connectivity index (χ2v) is 4.25. The highest BCUT2D eigenvalue weighted by molar-refractivity contribution is 7.90. The maximum absolute atomic E-state index is 11.3. The van der Waals surface area contributed by atoms with Crippen molar-refractivity contribution in [1.82, 2.24) is 14.9 Å². The maximum atomic E-state index is 11.3. The third kappa shape index (κ3) is 2.84. The van der Waals surface area contributed by atoms with Gasteiger partial charge in [-0.15, -0.1) is 0 Å². The molecule has 1 aromatic heterocycles. The first-order valence-electron chi connectivity index (χ1n) is 4.29. The van der Waals surface area contributed by atoms with Crippen molar-refractivity contribution in [3.63, 3.8) is 0 Å². The molecule has 90 valence electrons. The molecule has 0 amide bonds. The van der Waals surface area contributed by atoms with Gasteiger partial charge in [0.05, 0.1) is 11.8 Å². The van der Waals surface area contributed by atoms with Crippen LogP contribution < -0.4 is 15.2 Å². The number of aromatic amines is 1.